The van der Waals surface area contributed by atoms with Crippen LogP contribution in [-0.2, 0) is 13.1 Å². The third-order valence-electron chi connectivity index (χ3n) is 4.45. The smallest absolute Gasteiger partial charge is 0.318 e. The number of nitrogens with zero attached hydrogens (tertiary/aromatic N) is 1. The molecule has 2 aromatic carbocycles. The van der Waals surface area contributed by atoms with E-state index in [4.69, 9.17) is 5.73 Å². The van der Waals surface area contributed by atoms with Crippen molar-refractivity contribution >= 4 is 6.03 Å². The first-order chi connectivity index (χ1) is 11.7. The average Bonchev–Trinajstić information content (AvgIpc) is 3.10. The lowest BCUT2D eigenvalue weighted by Crippen LogP contribution is -2.39. The second kappa shape index (κ2) is 7.45. The van der Waals surface area contributed by atoms with Crippen molar-refractivity contribution in [3.05, 3.63) is 71.0 Å². The van der Waals surface area contributed by atoms with Crippen molar-refractivity contribution in [2.45, 2.75) is 32.0 Å². The highest BCUT2D eigenvalue weighted by atomic mass is 19.1. The average molecular weight is 327 g/mol. The molecule has 0 bridgehead atoms. The van der Waals surface area contributed by atoms with E-state index < -0.39 is 0 Å². The fraction of sp³-hybridized carbons (Fsp3) is 0.316. The summed E-state index contributed by atoms with van der Waals surface area (Å²) in [7, 11) is 0. The predicted molar refractivity (Wildman–Crippen MR) is 91.7 cm³/mol. The number of nitrogens with one attached hydrogen (secondary N) is 1. The zero-order valence-electron chi connectivity index (χ0n) is 13.5. The third-order valence-corrected chi connectivity index (χ3v) is 4.45. The summed E-state index contributed by atoms with van der Waals surface area (Å²) < 4.78 is 13.5. The van der Waals surface area contributed by atoms with E-state index in [0.29, 0.717) is 19.6 Å². The summed E-state index contributed by atoms with van der Waals surface area (Å²) >= 11 is 0. The minimum absolute atomic E-state index is 0.0553. The van der Waals surface area contributed by atoms with Crippen molar-refractivity contribution in [3.63, 3.8) is 0 Å². The molecule has 1 saturated heterocycles. The van der Waals surface area contributed by atoms with Crippen molar-refractivity contribution in [1.29, 1.82) is 0 Å². The van der Waals surface area contributed by atoms with E-state index in [2.05, 4.69) is 5.32 Å². The van der Waals surface area contributed by atoms with Gasteiger partial charge in [0.15, 0.2) is 0 Å². The number of amides is 2. The monoisotopic (exact) mass is 327 g/mol. The van der Waals surface area contributed by atoms with Crippen LogP contribution in [-0.4, -0.2) is 17.5 Å². The number of halogens is 1. The number of hydrogen-bond donors (Lipinski definition) is 2. The van der Waals surface area contributed by atoms with Gasteiger partial charge in [-0.15, -0.1) is 0 Å². The lowest BCUT2D eigenvalue weighted by molar-refractivity contribution is 0.192. The molecular weight excluding hydrogens is 305 g/mol. The molecule has 126 valence electrons. The fourth-order valence-corrected chi connectivity index (χ4v) is 3.14. The second-order valence-corrected chi connectivity index (χ2v) is 6.09. The lowest BCUT2D eigenvalue weighted by Gasteiger charge is -2.25. The molecule has 4 nitrogen and oxygen atoms in total. The van der Waals surface area contributed by atoms with Crippen LogP contribution in [0.3, 0.4) is 0 Å². The first kappa shape index (κ1) is 16.5. The van der Waals surface area contributed by atoms with Gasteiger partial charge in [0.05, 0.1) is 6.04 Å². The van der Waals surface area contributed by atoms with Crippen LogP contribution in [0.2, 0.25) is 0 Å². The van der Waals surface area contributed by atoms with Crippen molar-refractivity contribution in [2.24, 2.45) is 5.73 Å². The van der Waals surface area contributed by atoms with Gasteiger partial charge in [-0.05, 0) is 41.7 Å². The van der Waals surface area contributed by atoms with Crippen molar-refractivity contribution < 1.29 is 9.18 Å². The molecule has 2 amide bonds. The molecule has 3 N–H and O–H groups in total. The van der Waals surface area contributed by atoms with Crippen molar-refractivity contribution in [3.8, 4) is 0 Å². The SMILES string of the molecule is NCc1ccc(CNC(=O)N2CCCC2c2cccc(F)c2)cc1. The maximum Gasteiger partial charge on any atom is 0.318 e. The summed E-state index contributed by atoms with van der Waals surface area (Å²) in [6.45, 7) is 1.67. The highest BCUT2D eigenvalue weighted by Crippen LogP contribution is 2.32. The zero-order chi connectivity index (χ0) is 16.9. The lowest BCUT2D eigenvalue weighted by atomic mass is 10.0. The maximum absolute atomic E-state index is 13.5. The van der Waals surface area contributed by atoms with Gasteiger partial charge in [0.2, 0.25) is 0 Å². The molecule has 1 heterocycles. The summed E-state index contributed by atoms with van der Waals surface area (Å²) in [6, 6.07) is 14.2. The molecule has 0 aliphatic carbocycles. The Balaban J connectivity index is 1.63. The van der Waals surface area contributed by atoms with Gasteiger partial charge in [-0.1, -0.05) is 36.4 Å². The van der Waals surface area contributed by atoms with Crippen LogP contribution >= 0.6 is 0 Å². The van der Waals surface area contributed by atoms with E-state index in [1.54, 1.807) is 11.0 Å². The molecule has 24 heavy (non-hydrogen) atoms. The predicted octanol–water partition coefficient (Wildman–Crippen LogP) is 3.33. The maximum atomic E-state index is 13.5. The van der Waals surface area contributed by atoms with Crippen LogP contribution in [0.15, 0.2) is 48.5 Å². The molecule has 2 aromatic rings. The minimum Gasteiger partial charge on any atom is -0.334 e. The van der Waals surface area contributed by atoms with Crippen molar-refractivity contribution in [2.75, 3.05) is 6.54 Å². The Morgan fingerprint density at radius 3 is 2.67 bits per heavy atom. The molecule has 3 rings (SSSR count). The summed E-state index contributed by atoms with van der Waals surface area (Å²) in [5.74, 6) is -0.264. The molecule has 0 aromatic heterocycles. The van der Waals surface area contributed by atoms with Gasteiger partial charge in [0, 0.05) is 19.6 Å². The Kier molecular flexibility index (Phi) is 5.11. The summed E-state index contributed by atoms with van der Waals surface area (Å²) in [6.07, 6.45) is 1.79. The van der Waals surface area contributed by atoms with E-state index in [1.807, 2.05) is 30.3 Å². The molecule has 1 unspecified atom stereocenters. The van der Waals surface area contributed by atoms with Gasteiger partial charge in [0.25, 0.3) is 0 Å². The molecule has 1 atom stereocenters. The first-order valence-corrected chi connectivity index (χ1v) is 8.25. The normalized spacial score (nSPS) is 17.1. The number of benzene rings is 2. The quantitative estimate of drug-likeness (QED) is 0.905. The van der Waals surface area contributed by atoms with E-state index in [1.165, 1.54) is 12.1 Å². The highest BCUT2D eigenvalue weighted by Gasteiger charge is 2.29. The number of rotatable bonds is 4. The molecule has 0 saturated carbocycles. The van der Waals surface area contributed by atoms with Crippen LogP contribution in [0, 0.1) is 5.82 Å². The van der Waals surface area contributed by atoms with Gasteiger partial charge in [-0.25, -0.2) is 9.18 Å². The minimum atomic E-state index is -0.264. The molecule has 1 aliphatic rings. The van der Waals surface area contributed by atoms with Gasteiger partial charge < -0.3 is 16.0 Å². The first-order valence-electron chi connectivity index (χ1n) is 8.25. The summed E-state index contributed by atoms with van der Waals surface area (Å²) in [4.78, 5) is 14.3. The van der Waals surface area contributed by atoms with Gasteiger partial charge in [-0.3, -0.25) is 0 Å². The molecule has 0 radical (unpaired) electrons. The van der Waals surface area contributed by atoms with E-state index in [-0.39, 0.29) is 17.9 Å². The standard InChI is InChI=1S/C19H22FN3O/c20-17-4-1-3-16(11-17)18-5-2-10-23(18)19(24)22-13-15-8-6-14(12-21)7-9-15/h1,3-4,6-9,11,18H,2,5,10,12-13,21H2,(H,22,24). The number of carbonyl (C=O) groups excluding carboxylic acids is 1. The number of carbonyl (C=O) groups is 1. The topological polar surface area (TPSA) is 58.4 Å². The Bertz CT molecular complexity index is 702. The molecular formula is C19H22FN3O. The van der Waals surface area contributed by atoms with E-state index >= 15 is 0 Å². The number of nitrogens with two attached hydrogens (primary N) is 1. The highest BCUT2D eigenvalue weighted by molar-refractivity contribution is 5.75. The van der Waals surface area contributed by atoms with Gasteiger partial charge in [-0.2, -0.15) is 0 Å². The Morgan fingerprint density at radius 1 is 1.21 bits per heavy atom. The Hall–Kier alpha value is -2.40. The molecule has 1 aliphatic heterocycles. The Labute approximate surface area is 141 Å². The van der Waals surface area contributed by atoms with Crippen LogP contribution < -0.4 is 11.1 Å². The number of hydrogen-bond acceptors (Lipinski definition) is 2. The van der Waals surface area contributed by atoms with Crippen LogP contribution in [0.4, 0.5) is 9.18 Å². The molecule has 5 heteroatoms. The largest absolute Gasteiger partial charge is 0.334 e. The molecule has 0 spiro atoms. The summed E-state index contributed by atoms with van der Waals surface area (Å²) in [5, 5.41) is 2.95. The van der Waals surface area contributed by atoms with Crippen molar-refractivity contribution in [1.82, 2.24) is 10.2 Å². The van der Waals surface area contributed by atoms with Gasteiger partial charge >= 0.3 is 6.03 Å². The summed E-state index contributed by atoms with van der Waals surface area (Å²) in [5.41, 5.74) is 8.53. The van der Waals surface area contributed by atoms with Crippen LogP contribution in [0.1, 0.15) is 35.6 Å². The number of likely N-dealkylation sites (tertiary alicyclic amines) is 1. The third kappa shape index (κ3) is 3.74. The zero-order valence-corrected chi connectivity index (χ0v) is 13.5. The second-order valence-electron chi connectivity index (χ2n) is 6.09. The van der Waals surface area contributed by atoms with Crippen LogP contribution in [0.5, 0.6) is 0 Å². The van der Waals surface area contributed by atoms with Crippen LogP contribution in [0.25, 0.3) is 0 Å². The molecule has 1 fully saturated rings. The van der Waals surface area contributed by atoms with E-state index in [9.17, 15) is 9.18 Å². The Morgan fingerprint density at radius 2 is 1.96 bits per heavy atom. The van der Waals surface area contributed by atoms with E-state index in [0.717, 1.165) is 29.5 Å². The fourth-order valence-electron chi connectivity index (χ4n) is 3.14. The number of urea groups is 1. The van der Waals surface area contributed by atoms with Gasteiger partial charge in [0.1, 0.15) is 5.82 Å².